The van der Waals surface area contributed by atoms with Gasteiger partial charge in [-0.25, -0.2) is 4.79 Å². The summed E-state index contributed by atoms with van der Waals surface area (Å²) in [5.41, 5.74) is 0.246. The predicted octanol–water partition coefficient (Wildman–Crippen LogP) is 3.32. The topological polar surface area (TPSA) is 92.7 Å². The third-order valence-corrected chi connectivity index (χ3v) is 3.61. The Bertz CT molecular complexity index is 612. The van der Waals surface area contributed by atoms with Gasteiger partial charge in [0.1, 0.15) is 11.8 Å². The number of ether oxygens (including phenoxy) is 1. The van der Waals surface area contributed by atoms with Crippen LogP contribution in [0.2, 0.25) is 0 Å². The van der Waals surface area contributed by atoms with Crippen molar-refractivity contribution in [2.24, 2.45) is 0 Å². The molecule has 0 aliphatic heterocycles. The molecular weight excluding hydrogens is 322 g/mol. The Balaban J connectivity index is 2.56. The van der Waals surface area contributed by atoms with Gasteiger partial charge in [-0.05, 0) is 37.5 Å². The first kappa shape index (κ1) is 20.4. The number of nitrogens with one attached hydrogen (secondary N) is 1. The van der Waals surface area contributed by atoms with Crippen LogP contribution in [0.15, 0.2) is 36.9 Å². The fourth-order valence-corrected chi connectivity index (χ4v) is 2.36. The number of carboxylic acid groups (broad SMARTS) is 1. The maximum Gasteiger partial charge on any atom is 0.326 e. The van der Waals surface area contributed by atoms with Crippen molar-refractivity contribution in [1.29, 1.82) is 0 Å². The lowest BCUT2D eigenvalue weighted by Gasteiger charge is -2.15. The first-order valence-corrected chi connectivity index (χ1v) is 8.37. The number of rotatable bonds is 11. The Hall–Kier alpha value is -2.63. The molecule has 0 spiro atoms. The summed E-state index contributed by atoms with van der Waals surface area (Å²) in [5, 5.41) is 11.8. The maximum absolute atomic E-state index is 12.2. The first-order chi connectivity index (χ1) is 11.9. The Morgan fingerprint density at radius 2 is 1.96 bits per heavy atom. The van der Waals surface area contributed by atoms with Gasteiger partial charge in [0.2, 0.25) is 0 Å². The second kappa shape index (κ2) is 11.0. The maximum atomic E-state index is 12.2. The molecule has 0 bridgehead atoms. The highest BCUT2D eigenvalue weighted by Crippen LogP contribution is 2.14. The second-order valence-electron chi connectivity index (χ2n) is 5.77. The fourth-order valence-electron chi connectivity index (χ4n) is 2.36. The molecule has 0 aliphatic rings. The summed E-state index contributed by atoms with van der Waals surface area (Å²) >= 11 is 0. The third-order valence-electron chi connectivity index (χ3n) is 3.61. The molecule has 0 saturated heterocycles. The van der Waals surface area contributed by atoms with E-state index in [9.17, 15) is 19.5 Å². The van der Waals surface area contributed by atoms with Crippen LogP contribution in [-0.4, -0.2) is 29.0 Å². The van der Waals surface area contributed by atoms with Crippen molar-refractivity contribution < 1.29 is 24.2 Å². The van der Waals surface area contributed by atoms with Crippen molar-refractivity contribution in [2.45, 2.75) is 51.5 Å². The fraction of sp³-hybridized carbons (Fsp3) is 0.421. The summed E-state index contributed by atoms with van der Waals surface area (Å²) < 4.78 is 4.93. The third kappa shape index (κ3) is 8.15. The van der Waals surface area contributed by atoms with Crippen LogP contribution in [-0.2, 0) is 9.59 Å². The summed E-state index contributed by atoms with van der Waals surface area (Å²) in [6.45, 7) is 4.93. The van der Waals surface area contributed by atoms with Gasteiger partial charge in [0.25, 0.3) is 5.91 Å². The number of hydrogen-bond acceptors (Lipinski definition) is 4. The van der Waals surface area contributed by atoms with Crippen molar-refractivity contribution in [2.75, 3.05) is 0 Å². The number of esters is 1. The zero-order chi connectivity index (χ0) is 18.7. The van der Waals surface area contributed by atoms with Crippen molar-refractivity contribution in [3.8, 4) is 5.75 Å². The van der Waals surface area contributed by atoms with Crippen molar-refractivity contribution in [3.63, 3.8) is 0 Å². The lowest BCUT2D eigenvalue weighted by Crippen LogP contribution is -2.40. The van der Waals surface area contributed by atoms with E-state index in [1.165, 1.54) is 19.1 Å². The van der Waals surface area contributed by atoms with Gasteiger partial charge >= 0.3 is 11.9 Å². The van der Waals surface area contributed by atoms with Crippen molar-refractivity contribution >= 4 is 17.8 Å². The van der Waals surface area contributed by atoms with Crippen LogP contribution in [0, 0.1) is 0 Å². The summed E-state index contributed by atoms with van der Waals surface area (Å²) in [6, 6.07) is 5.13. The largest absolute Gasteiger partial charge is 0.480 e. The molecule has 0 aliphatic carbocycles. The highest BCUT2D eigenvalue weighted by atomic mass is 16.5. The Morgan fingerprint density at radius 1 is 1.24 bits per heavy atom. The highest BCUT2D eigenvalue weighted by molar-refractivity contribution is 5.97. The number of carbonyl (C=O) groups is 3. The standard InChI is InChI=1S/C19H25NO5/c1-3-4-5-6-7-8-12-17(19(23)24)20-18(22)15-10-9-11-16(13-15)25-14(2)21/h3,9-11,13,17H,1,4-8,12H2,2H3,(H,20,22)(H,23,24)/t17-/m1/s1. The highest BCUT2D eigenvalue weighted by Gasteiger charge is 2.20. The minimum Gasteiger partial charge on any atom is -0.480 e. The van der Waals surface area contributed by atoms with E-state index in [1.807, 2.05) is 6.08 Å². The molecule has 2 N–H and O–H groups in total. The molecular formula is C19H25NO5. The van der Waals surface area contributed by atoms with Gasteiger partial charge in [-0.3, -0.25) is 9.59 Å². The van der Waals surface area contributed by atoms with E-state index in [2.05, 4.69) is 11.9 Å². The minimum absolute atomic E-state index is 0.245. The second-order valence-corrected chi connectivity index (χ2v) is 5.77. The van der Waals surface area contributed by atoms with E-state index < -0.39 is 23.9 Å². The minimum atomic E-state index is -1.06. The van der Waals surface area contributed by atoms with Crippen LogP contribution in [0.25, 0.3) is 0 Å². The lowest BCUT2D eigenvalue weighted by molar-refractivity contribution is -0.139. The van der Waals surface area contributed by atoms with Gasteiger partial charge in [-0.1, -0.05) is 31.4 Å². The van der Waals surface area contributed by atoms with E-state index in [0.29, 0.717) is 6.42 Å². The Morgan fingerprint density at radius 3 is 2.60 bits per heavy atom. The molecule has 0 heterocycles. The van der Waals surface area contributed by atoms with Crippen molar-refractivity contribution in [3.05, 3.63) is 42.5 Å². The SMILES string of the molecule is C=CCCCCCC[C@@H](NC(=O)c1cccc(OC(C)=O)c1)C(=O)O. The molecule has 6 nitrogen and oxygen atoms in total. The van der Waals surface area contributed by atoms with E-state index in [-0.39, 0.29) is 11.3 Å². The molecule has 1 atom stereocenters. The van der Waals surface area contributed by atoms with Crippen LogP contribution in [0.4, 0.5) is 0 Å². The number of aliphatic carboxylic acids is 1. The number of hydrogen-bond donors (Lipinski definition) is 2. The zero-order valence-electron chi connectivity index (χ0n) is 14.5. The van der Waals surface area contributed by atoms with E-state index in [0.717, 1.165) is 32.1 Å². The van der Waals surface area contributed by atoms with E-state index in [4.69, 9.17) is 4.74 Å². The van der Waals surface area contributed by atoms with Gasteiger partial charge < -0.3 is 15.2 Å². The van der Waals surface area contributed by atoms with Crippen LogP contribution in [0.5, 0.6) is 5.75 Å². The lowest BCUT2D eigenvalue weighted by atomic mass is 10.1. The number of carbonyl (C=O) groups excluding carboxylic acids is 2. The summed E-state index contributed by atoms with van der Waals surface area (Å²) in [5.74, 6) is -1.81. The molecule has 0 fully saturated rings. The molecule has 1 rings (SSSR count). The summed E-state index contributed by atoms with van der Waals surface area (Å²) in [6.07, 6.45) is 6.88. The predicted molar refractivity (Wildman–Crippen MR) is 94.5 cm³/mol. The van der Waals surface area contributed by atoms with Crippen molar-refractivity contribution in [1.82, 2.24) is 5.32 Å². The summed E-state index contributed by atoms with van der Waals surface area (Å²) in [4.78, 5) is 34.6. The van der Waals surface area contributed by atoms with Crippen LogP contribution in [0.3, 0.4) is 0 Å². The molecule has 25 heavy (non-hydrogen) atoms. The van der Waals surface area contributed by atoms with Crippen LogP contribution >= 0.6 is 0 Å². The zero-order valence-corrected chi connectivity index (χ0v) is 14.5. The average molecular weight is 347 g/mol. The van der Waals surface area contributed by atoms with Gasteiger partial charge in [0, 0.05) is 12.5 Å². The summed E-state index contributed by atoms with van der Waals surface area (Å²) in [7, 11) is 0. The van der Waals surface area contributed by atoms with Gasteiger partial charge in [-0.2, -0.15) is 0 Å². The quantitative estimate of drug-likeness (QED) is 0.277. The molecule has 0 saturated carbocycles. The molecule has 0 radical (unpaired) electrons. The molecule has 1 aromatic carbocycles. The number of unbranched alkanes of at least 4 members (excludes halogenated alkanes) is 4. The number of amides is 1. The normalized spacial score (nSPS) is 11.4. The van der Waals surface area contributed by atoms with Gasteiger partial charge in [0.05, 0.1) is 0 Å². The van der Waals surface area contributed by atoms with Gasteiger partial charge in [0.15, 0.2) is 0 Å². The average Bonchev–Trinajstić information content (AvgIpc) is 2.56. The van der Waals surface area contributed by atoms with E-state index in [1.54, 1.807) is 12.1 Å². The van der Waals surface area contributed by atoms with Crippen LogP contribution in [0.1, 0.15) is 55.8 Å². The molecule has 6 heteroatoms. The molecule has 1 amide bonds. The van der Waals surface area contributed by atoms with Crippen LogP contribution < -0.4 is 10.1 Å². The molecule has 136 valence electrons. The monoisotopic (exact) mass is 347 g/mol. The Labute approximate surface area is 147 Å². The molecule has 0 unspecified atom stereocenters. The number of benzene rings is 1. The molecule has 1 aromatic rings. The smallest absolute Gasteiger partial charge is 0.326 e. The number of allylic oxidation sites excluding steroid dienone is 1. The first-order valence-electron chi connectivity index (χ1n) is 8.37. The van der Waals surface area contributed by atoms with E-state index >= 15 is 0 Å². The Kier molecular flexibility index (Phi) is 9.00. The van der Waals surface area contributed by atoms with Gasteiger partial charge in [-0.15, -0.1) is 6.58 Å². The number of carboxylic acids is 1. The molecule has 0 aromatic heterocycles.